The molecule has 0 bridgehead atoms. The summed E-state index contributed by atoms with van der Waals surface area (Å²) in [7, 11) is 3.11. The van der Waals surface area contributed by atoms with E-state index in [1.165, 1.54) is 49.7 Å². The summed E-state index contributed by atoms with van der Waals surface area (Å²) in [5.41, 5.74) is 4.28. The summed E-state index contributed by atoms with van der Waals surface area (Å²) >= 11 is 15.0. The molecule has 0 saturated heterocycles. The topological polar surface area (TPSA) is 70.8 Å². The SMILES string of the molecule is COC(=O)c1cc(OC)c2c(c1)SC(CCC1CC3C[C@H](OCc4c(-c5c(Cl)cccc5Cl)noc4C4CC4)C[C@H]3C1)CCC2. The Morgan fingerprint density at radius 2 is 1.78 bits per heavy atom. The Bertz CT molecular complexity index is 1520. The summed E-state index contributed by atoms with van der Waals surface area (Å²) in [5, 5.41) is 6.15. The molecule has 45 heavy (non-hydrogen) atoms. The number of thioether (sulfide) groups is 1. The fraction of sp³-hybridized carbons (Fsp3) is 0.556. The minimum atomic E-state index is -0.313. The van der Waals surface area contributed by atoms with E-state index in [0.717, 1.165) is 84.6 Å². The molecule has 4 aliphatic rings. The van der Waals surface area contributed by atoms with Crippen molar-refractivity contribution in [2.24, 2.45) is 17.8 Å². The van der Waals surface area contributed by atoms with Crippen LogP contribution in [0.3, 0.4) is 0 Å². The van der Waals surface area contributed by atoms with Crippen LogP contribution < -0.4 is 4.74 Å². The molecule has 1 aromatic heterocycles. The van der Waals surface area contributed by atoms with Crippen molar-refractivity contribution in [3.63, 3.8) is 0 Å². The molecule has 3 unspecified atom stereocenters. The lowest BCUT2D eigenvalue weighted by atomic mass is 9.95. The monoisotopic (exact) mass is 669 g/mol. The first-order valence-corrected chi connectivity index (χ1v) is 18.1. The molecule has 0 radical (unpaired) electrons. The molecular formula is C36H41Cl2NO5S. The van der Waals surface area contributed by atoms with E-state index < -0.39 is 0 Å². The van der Waals surface area contributed by atoms with Gasteiger partial charge in [0.1, 0.15) is 17.2 Å². The molecule has 0 spiro atoms. The predicted octanol–water partition coefficient (Wildman–Crippen LogP) is 9.92. The number of carbonyl (C=O) groups is 1. The second-order valence-corrected chi connectivity index (χ2v) is 15.5. The van der Waals surface area contributed by atoms with Gasteiger partial charge in [-0.1, -0.05) is 34.4 Å². The van der Waals surface area contributed by atoms with Gasteiger partial charge in [-0.15, -0.1) is 11.8 Å². The van der Waals surface area contributed by atoms with Gasteiger partial charge in [0.25, 0.3) is 0 Å². The lowest BCUT2D eigenvalue weighted by Crippen LogP contribution is -2.12. The van der Waals surface area contributed by atoms with Crippen molar-refractivity contribution < 1.29 is 23.5 Å². The van der Waals surface area contributed by atoms with Crippen LogP contribution in [0.15, 0.2) is 39.8 Å². The van der Waals surface area contributed by atoms with E-state index in [4.69, 9.17) is 41.9 Å². The molecule has 7 rings (SSSR count). The van der Waals surface area contributed by atoms with E-state index in [9.17, 15) is 4.79 Å². The van der Waals surface area contributed by atoms with Gasteiger partial charge in [0.2, 0.25) is 0 Å². The van der Waals surface area contributed by atoms with Crippen LogP contribution in [0.2, 0.25) is 10.0 Å². The number of hydrogen-bond acceptors (Lipinski definition) is 7. The van der Waals surface area contributed by atoms with Crippen LogP contribution in [0.1, 0.15) is 97.4 Å². The average Bonchev–Trinajstić information content (AvgIpc) is 3.60. The molecular weight excluding hydrogens is 629 g/mol. The number of nitrogens with zero attached hydrogens (tertiary/aromatic N) is 1. The lowest BCUT2D eigenvalue weighted by molar-refractivity contribution is 0.0382. The van der Waals surface area contributed by atoms with Gasteiger partial charge in [-0.25, -0.2) is 4.79 Å². The molecule has 1 aliphatic heterocycles. The van der Waals surface area contributed by atoms with Gasteiger partial charge in [0, 0.05) is 32.8 Å². The number of methoxy groups -OCH3 is 2. The quantitative estimate of drug-likeness (QED) is 0.199. The van der Waals surface area contributed by atoms with Gasteiger partial charge in [-0.05, 0) is 113 Å². The largest absolute Gasteiger partial charge is 0.496 e. The van der Waals surface area contributed by atoms with Crippen molar-refractivity contribution in [1.29, 1.82) is 0 Å². The molecule has 0 N–H and O–H groups in total. The van der Waals surface area contributed by atoms with Crippen molar-refractivity contribution in [2.75, 3.05) is 14.2 Å². The first-order chi connectivity index (χ1) is 21.9. The Morgan fingerprint density at radius 3 is 2.47 bits per heavy atom. The zero-order chi connectivity index (χ0) is 31.1. The second-order valence-electron chi connectivity index (χ2n) is 13.4. The Hall–Kier alpha value is -2.19. The summed E-state index contributed by atoms with van der Waals surface area (Å²) in [6, 6.07) is 9.37. The Kier molecular flexibility index (Phi) is 9.43. The molecule has 6 nitrogen and oxygen atoms in total. The van der Waals surface area contributed by atoms with Gasteiger partial charge < -0.3 is 18.7 Å². The highest BCUT2D eigenvalue weighted by atomic mass is 35.5. The number of ether oxygens (including phenoxy) is 3. The maximum Gasteiger partial charge on any atom is 0.338 e. The lowest BCUT2D eigenvalue weighted by Gasteiger charge is -2.19. The molecule has 2 heterocycles. The number of fused-ring (bicyclic) bond motifs is 2. The highest BCUT2D eigenvalue weighted by Gasteiger charge is 2.42. The Morgan fingerprint density at radius 1 is 1.02 bits per heavy atom. The van der Waals surface area contributed by atoms with E-state index in [0.29, 0.717) is 33.4 Å². The van der Waals surface area contributed by atoms with Crippen LogP contribution in [0.25, 0.3) is 11.3 Å². The molecule has 3 fully saturated rings. The summed E-state index contributed by atoms with van der Waals surface area (Å²) in [4.78, 5) is 13.5. The normalized spacial score (nSPS) is 25.9. The zero-order valence-electron chi connectivity index (χ0n) is 26.0. The molecule has 3 aliphatic carbocycles. The molecule has 3 saturated carbocycles. The smallest absolute Gasteiger partial charge is 0.338 e. The van der Waals surface area contributed by atoms with E-state index in [1.807, 2.05) is 42.1 Å². The minimum Gasteiger partial charge on any atom is -0.496 e. The highest BCUT2D eigenvalue weighted by Crippen LogP contribution is 2.51. The first-order valence-electron chi connectivity index (χ1n) is 16.4. The number of benzene rings is 2. The fourth-order valence-corrected chi connectivity index (χ4v) is 10.1. The number of esters is 1. The number of aromatic nitrogens is 1. The predicted molar refractivity (Wildman–Crippen MR) is 178 cm³/mol. The van der Waals surface area contributed by atoms with E-state index in [1.54, 1.807) is 7.11 Å². The standard InChI is InChI=1S/C36H41Cl2NO5S/c1-41-31-17-24(36(40)42-2)18-32-27(31)6-3-5-26(45-32)12-9-20-13-22-15-25(16-23(22)14-20)43-19-28-34(39-44-35(28)21-10-11-21)33-29(37)7-4-8-30(33)38/h4,7-8,17-18,20-23,25-26H,3,5-6,9-16,19H2,1-2H3/t20?,22-,23?,25-,26?/m1/s1. The van der Waals surface area contributed by atoms with E-state index in [2.05, 4.69) is 5.16 Å². The van der Waals surface area contributed by atoms with E-state index >= 15 is 0 Å². The van der Waals surface area contributed by atoms with Crippen molar-refractivity contribution in [2.45, 2.75) is 99.4 Å². The van der Waals surface area contributed by atoms with Crippen molar-refractivity contribution in [3.8, 4) is 17.0 Å². The molecule has 0 amide bonds. The number of hydrogen-bond donors (Lipinski definition) is 0. The third-order valence-corrected chi connectivity index (χ3v) is 12.5. The minimum absolute atomic E-state index is 0.269. The molecule has 240 valence electrons. The summed E-state index contributed by atoms with van der Waals surface area (Å²) in [6.45, 7) is 0.489. The maximum absolute atomic E-state index is 12.3. The first kappa shape index (κ1) is 31.4. The molecule has 2 aromatic carbocycles. The van der Waals surface area contributed by atoms with Crippen molar-refractivity contribution in [1.82, 2.24) is 5.16 Å². The summed E-state index contributed by atoms with van der Waals surface area (Å²) in [6.07, 6.45) is 13.2. The maximum atomic E-state index is 12.3. The van der Waals surface area contributed by atoms with Crippen LogP contribution in [0, 0.1) is 17.8 Å². The third-order valence-electron chi connectivity index (χ3n) is 10.5. The number of rotatable bonds is 10. The van der Waals surface area contributed by atoms with Gasteiger partial charge >= 0.3 is 5.97 Å². The van der Waals surface area contributed by atoms with Crippen LogP contribution in [-0.4, -0.2) is 36.7 Å². The zero-order valence-corrected chi connectivity index (χ0v) is 28.3. The number of carbonyl (C=O) groups excluding carboxylic acids is 1. The summed E-state index contributed by atoms with van der Waals surface area (Å²) < 4.78 is 23.1. The van der Waals surface area contributed by atoms with Crippen LogP contribution in [-0.2, 0) is 22.5 Å². The Labute approximate surface area is 279 Å². The summed E-state index contributed by atoms with van der Waals surface area (Å²) in [5.74, 6) is 4.14. The molecule has 9 heteroatoms. The van der Waals surface area contributed by atoms with Gasteiger partial charge in [-0.3, -0.25) is 0 Å². The number of halogens is 2. The van der Waals surface area contributed by atoms with E-state index in [-0.39, 0.29) is 12.1 Å². The Balaban J connectivity index is 0.936. The van der Waals surface area contributed by atoms with Gasteiger partial charge in [0.15, 0.2) is 0 Å². The highest BCUT2D eigenvalue weighted by molar-refractivity contribution is 8.00. The van der Waals surface area contributed by atoms with Crippen LogP contribution >= 0.6 is 35.0 Å². The third kappa shape index (κ3) is 6.65. The molecule has 5 atom stereocenters. The second kappa shape index (κ2) is 13.5. The average molecular weight is 671 g/mol. The van der Waals surface area contributed by atoms with Gasteiger partial charge in [-0.2, -0.15) is 0 Å². The van der Waals surface area contributed by atoms with Crippen LogP contribution in [0.5, 0.6) is 5.75 Å². The van der Waals surface area contributed by atoms with Gasteiger partial charge in [0.05, 0.1) is 42.5 Å². The fourth-order valence-electron chi connectivity index (χ4n) is 8.07. The van der Waals surface area contributed by atoms with Crippen LogP contribution in [0.4, 0.5) is 0 Å². The van der Waals surface area contributed by atoms with Crippen molar-refractivity contribution in [3.05, 3.63) is 62.8 Å². The van der Waals surface area contributed by atoms with Crippen molar-refractivity contribution >= 4 is 40.9 Å². The molecule has 3 aromatic rings.